The van der Waals surface area contributed by atoms with Gasteiger partial charge in [-0.25, -0.2) is 0 Å². The molecule has 3 heterocycles. The molecule has 0 aliphatic carbocycles. The van der Waals surface area contributed by atoms with Crippen molar-refractivity contribution in [3.05, 3.63) is 76.4 Å². The standard InChI is InChI=1S/C20H20BrN3O3/c21-16-4-1-3-15(13-16)20(7-11-26-12-8-20)23-19(25)18-6-5-17(27-18)14-24-10-2-9-22-24/h1-6,9-10,13H,7-8,11-12,14H2,(H,23,25). The van der Waals surface area contributed by atoms with Gasteiger partial charge < -0.3 is 14.5 Å². The predicted octanol–water partition coefficient (Wildman–Crippen LogP) is 3.72. The van der Waals surface area contributed by atoms with Gasteiger partial charge in [0.15, 0.2) is 5.76 Å². The van der Waals surface area contributed by atoms with Gasteiger partial charge >= 0.3 is 0 Å². The van der Waals surface area contributed by atoms with Gasteiger partial charge in [-0.15, -0.1) is 0 Å². The molecule has 0 radical (unpaired) electrons. The van der Waals surface area contributed by atoms with E-state index in [-0.39, 0.29) is 5.91 Å². The van der Waals surface area contributed by atoms with Gasteiger partial charge in [-0.1, -0.05) is 28.1 Å². The first-order chi connectivity index (χ1) is 13.1. The number of hydrogen-bond acceptors (Lipinski definition) is 4. The van der Waals surface area contributed by atoms with E-state index < -0.39 is 5.54 Å². The number of benzene rings is 1. The Morgan fingerprint density at radius 2 is 2.07 bits per heavy atom. The smallest absolute Gasteiger partial charge is 0.287 e. The molecule has 1 aliphatic heterocycles. The van der Waals surface area contributed by atoms with Crippen LogP contribution in [0.15, 0.2) is 63.7 Å². The third kappa shape index (κ3) is 3.99. The molecule has 0 saturated carbocycles. The Labute approximate surface area is 165 Å². The summed E-state index contributed by atoms with van der Waals surface area (Å²) in [5.41, 5.74) is 0.602. The zero-order valence-electron chi connectivity index (χ0n) is 14.7. The minimum Gasteiger partial charge on any atom is -0.454 e. The molecule has 1 aliphatic rings. The molecule has 4 rings (SSSR count). The van der Waals surface area contributed by atoms with E-state index in [4.69, 9.17) is 9.15 Å². The number of carbonyl (C=O) groups is 1. The van der Waals surface area contributed by atoms with Crippen LogP contribution in [0.3, 0.4) is 0 Å². The number of nitrogens with zero attached hydrogens (tertiary/aromatic N) is 2. The Balaban J connectivity index is 1.54. The van der Waals surface area contributed by atoms with Crippen molar-refractivity contribution in [2.45, 2.75) is 24.9 Å². The average Bonchev–Trinajstić information content (AvgIpc) is 3.35. The van der Waals surface area contributed by atoms with E-state index in [0.29, 0.717) is 31.3 Å². The maximum absolute atomic E-state index is 12.9. The summed E-state index contributed by atoms with van der Waals surface area (Å²) in [6.07, 6.45) is 5.00. The maximum atomic E-state index is 12.9. The number of amides is 1. The van der Waals surface area contributed by atoms with Crippen LogP contribution in [0.1, 0.15) is 34.7 Å². The zero-order valence-corrected chi connectivity index (χ0v) is 16.3. The maximum Gasteiger partial charge on any atom is 0.287 e. The first-order valence-electron chi connectivity index (χ1n) is 8.87. The van der Waals surface area contributed by atoms with Gasteiger partial charge in [-0.05, 0) is 48.7 Å². The second-order valence-electron chi connectivity index (χ2n) is 6.63. The lowest BCUT2D eigenvalue weighted by Gasteiger charge is -2.38. The molecule has 1 aromatic carbocycles. The van der Waals surface area contributed by atoms with Crippen LogP contribution in [-0.2, 0) is 16.8 Å². The van der Waals surface area contributed by atoms with Gasteiger partial charge in [0.05, 0.1) is 12.1 Å². The first kappa shape index (κ1) is 18.0. The second kappa shape index (κ2) is 7.70. The Kier molecular flexibility index (Phi) is 5.13. The summed E-state index contributed by atoms with van der Waals surface area (Å²) in [5, 5.41) is 7.36. The number of furan rings is 1. The van der Waals surface area contributed by atoms with E-state index in [0.717, 1.165) is 22.9 Å². The molecule has 1 amide bonds. The number of hydrogen-bond donors (Lipinski definition) is 1. The van der Waals surface area contributed by atoms with E-state index in [1.165, 1.54) is 0 Å². The molecule has 3 aromatic rings. The molecular formula is C20H20BrN3O3. The predicted molar refractivity (Wildman–Crippen MR) is 103 cm³/mol. The third-order valence-corrected chi connectivity index (χ3v) is 5.33. The minimum absolute atomic E-state index is 0.219. The molecule has 140 valence electrons. The quantitative estimate of drug-likeness (QED) is 0.670. The van der Waals surface area contributed by atoms with Crippen LogP contribution in [0.5, 0.6) is 0 Å². The molecule has 2 aromatic heterocycles. The van der Waals surface area contributed by atoms with E-state index in [2.05, 4.69) is 32.4 Å². The molecule has 6 nitrogen and oxygen atoms in total. The normalized spacial score (nSPS) is 16.2. The number of ether oxygens (including phenoxy) is 1. The van der Waals surface area contributed by atoms with Gasteiger partial charge in [0, 0.05) is 30.1 Å². The van der Waals surface area contributed by atoms with Crippen LogP contribution in [0.2, 0.25) is 0 Å². The van der Waals surface area contributed by atoms with Gasteiger partial charge in [0.2, 0.25) is 0 Å². The highest BCUT2D eigenvalue weighted by atomic mass is 79.9. The second-order valence-corrected chi connectivity index (χ2v) is 7.54. The molecule has 0 unspecified atom stereocenters. The zero-order chi connectivity index (χ0) is 18.7. The fourth-order valence-corrected chi connectivity index (χ4v) is 3.81. The van der Waals surface area contributed by atoms with Gasteiger partial charge in [-0.3, -0.25) is 9.48 Å². The Hall–Kier alpha value is -2.38. The molecule has 7 heteroatoms. The lowest BCUT2D eigenvalue weighted by Crippen LogP contribution is -2.49. The summed E-state index contributed by atoms with van der Waals surface area (Å²) in [6.45, 7) is 1.70. The monoisotopic (exact) mass is 429 g/mol. The van der Waals surface area contributed by atoms with Crippen LogP contribution in [0.25, 0.3) is 0 Å². The number of carbonyl (C=O) groups excluding carboxylic acids is 1. The highest BCUT2D eigenvalue weighted by molar-refractivity contribution is 9.10. The van der Waals surface area contributed by atoms with Crippen molar-refractivity contribution >= 4 is 21.8 Å². The molecule has 1 saturated heterocycles. The first-order valence-corrected chi connectivity index (χ1v) is 9.66. The minimum atomic E-state index is -0.464. The molecular weight excluding hydrogens is 410 g/mol. The lowest BCUT2D eigenvalue weighted by atomic mass is 9.82. The van der Waals surface area contributed by atoms with Gasteiger partial charge in [0.25, 0.3) is 5.91 Å². The van der Waals surface area contributed by atoms with Crippen LogP contribution < -0.4 is 5.32 Å². The van der Waals surface area contributed by atoms with Gasteiger partial charge in [0.1, 0.15) is 5.76 Å². The fourth-order valence-electron chi connectivity index (χ4n) is 3.41. The summed E-state index contributed by atoms with van der Waals surface area (Å²) in [5.74, 6) is 0.772. The molecule has 1 N–H and O–H groups in total. The van der Waals surface area contributed by atoms with E-state index in [1.54, 1.807) is 16.9 Å². The van der Waals surface area contributed by atoms with Gasteiger partial charge in [-0.2, -0.15) is 5.10 Å². The summed E-state index contributed by atoms with van der Waals surface area (Å²) < 4.78 is 14.0. The van der Waals surface area contributed by atoms with Crippen molar-refractivity contribution in [2.75, 3.05) is 13.2 Å². The summed E-state index contributed by atoms with van der Waals surface area (Å²) in [6, 6.07) is 13.4. The third-order valence-electron chi connectivity index (χ3n) is 4.84. The largest absolute Gasteiger partial charge is 0.454 e. The number of aromatic nitrogens is 2. The molecule has 0 spiro atoms. The number of rotatable bonds is 5. The van der Waals surface area contributed by atoms with Crippen LogP contribution in [0.4, 0.5) is 0 Å². The molecule has 27 heavy (non-hydrogen) atoms. The highest BCUT2D eigenvalue weighted by Gasteiger charge is 2.37. The highest BCUT2D eigenvalue weighted by Crippen LogP contribution is 2.34. The van der Waals surface area contributed by atoms with E-state index in [1.807, 2.05) is 36.5 Å². The Morgan fingerprint density at radius 1 is 1.22 bits per heavy atom. The average molecular weight is 430 g/mol. The van der Waals surface area contributed by atoms with Crippen molar-refractivity contribution in [1.29, 1.82) is 0 Å². The number of halogens is 1. The molecule has 0 bridgehead atoms. The Morgan fingerprint density at radius 3 is 2.81 bits per heavy atom. The topological polar surface area (TPSA) is 69.3 Å². The lowest BCUT2D eigenvalue weighted by molar-refractivity contribution is 0.0337. The summed E-state index contributed by atoms with van der Waals surface area (Å²) in [4.78, 5) is 12.9. The summed E-state index contributed by atoms with van der Waals surface area (Å²) in [7, 11) is 0. The van der Waals surface area contributed by atoms with E-state index >= 15 is 0 Å². The summed E-state index contributed by atoms with van der Waals surface area (Å²) >= 11 is 3.52. The van der Waals surface area contributed by atoms with Crippen molar-refractivity contribution in [3.8, 4) is 0 Å². The van der Waals surface area contributed by atoms with E-state index in [9.17, 15) is 4.79 Å². The van der Waals surface area contributed by atoms with Crippen LogP contribution >= 0.6 is 15.9 Å². The molecule has 1 fully saturated rings. The molecule has 0 atom stereocenters. The van der Waals surface area contributed by atoms with Crippen molar-refractivity contribution in [2.24, 2.45) is 0 Å². The van der Waals surface area contributed by atoms with Crippen LogP contribution in [0, 0.1) is 0 Å². The fraction of sp³-hybridized carbons (Fsp3) is 0.300. The van der Waals surface area contributed by atoms with Crippen molar-refractivity contribution < 1.29 is 13.9 Å². The SMILES string of the molecule is O=C(NC1(c2cccc(Br)c2)CCOCC1)c1ccc(Cn2cccn2)o1. The Bertz CT molecular complexity index is 914. The van der Waals surface area contributed by atoms with Crippen LogP contribution in [-0.4, -0.2) is 28.9 Å². The number of nitrogens with one attached hydrogen (secondary N) is 1. The van der Waals surface area contributed by atoms with Crippen molar-refractivity contribution in [3.63, 3.8) is 0 Å². The van der Waals surface area contributed by atoms with Crippen molar-refractivity contribution in [1.82, 2.24) is 15.1 Å².